The highest BCUT2D eigenvalue weighted by molar-refractivity contribution is 7.89. The van der Waals surface area contributed by atoms with Gasteiger partial charge in [0.15, 0.2) is 0 Å². The fourth-order valence-corrected chi connectivity index (χ4v) is 4.88. The third-order valence-corrected chi connectivity index (χ3v) is 6.06. The number of thiophene rings is 1. The van der Waals surface area contributed by atoms with E-state index in [1.807, 2.05) is 25.3 Å². The minimum atomic E-state index is -3.52. The molecule has 0 aliphatic carbocycles. The zero-order valence-electron chi connectivity index (χ0n) is 12.3. The van der Waals surface area contributed by atoms with Crippen LogP contribution in [0.25, 0.3) is 0 Å². The number of rotatable bonds is 6. The number of nitrogens with one attached hydrogen (secondary N) is 2. The summed E-state index contributed by atoms with van der Waals surface area (Å²) in [5.74, 6) is 0. The molecule has 21 heavy (non-hydrogen) atoms. The quantitative estimate of drug-likeness (QED) is 0.852. The van der Waals surface area contributed by atoms with Gasteiger partial charge in [0.25, 0.3) is 0 Å². The first-order chi connectivity index (χ1) is 9.95. The van der Waals surface area contributed by atoms with Gasteiger partial charge in [-0.05, 0) is 49.0 Å². The minimum Gasteiger partial charge on any atom is -0.315 e. The van der Waals surface area contributed by atoms with Gasteiger partial charge in [0.2, 0.25) is 10.0 Å². The second-order valence-electron chi connectivity index (χ2n) is 4.83. The van der Waals surface area contributed by atoms with Gasteiger partial charge in [-0.2, -0.15) is 0 Å². The van der Waals surface area contributed by atoms with Gasteiger partial charge >= 0.3 is 0 Å². The van der Waals surface area contributed by atoms with Crippen molar-refractivity contribution in [1.29, 1.82) is 0 Å². The van der Waals surface area contributed by atoms with E-state index in [-0.39, 0.29) is 6.54 Å². The number of pyridine rings is 1. The Labute approximate surface area is 129 Å². The maximum Gasteiger partial charge on any atom is 0.242 e. The van der Waals surface area contributed by atoms with Crippen molar-refractivity contribution in [2.24, 2.45) is 0 Å². The summed E-state index contributed by atoms with van der Waals surface area (Å²) in [4.78, 5) is 5.25. The van der Waals surface area contributed by atoms with Crippen LogP contribution in [0.1, 0.15) is 21.6 Å². The van der Waals surface area contributed by atoms with Crippen LogP contribution in [0.5, 0.6) is 0 Å². The largest absolute Gasteiger partial charge is 0.315 e. The number of nitrogens with zero attached hydrogens (tertiary/aromatic N) is 1. The highest BCUT2D eigenvalue weighted by atomic mass is 32.2. The van der Waals surface area contributed by atoms with E-state index in [9.17, 15) is 8.42 Å². The van der Waals surface area contributed by atoms with Crippen molar-refractivity contribution >= 4 is 21.4 Å². The lowest BCUT2D eigenvalue weighted by atomic mass is 10.2. The van der Waals surface area contributed by atoms with Crippen molar-refractivity contribution < 1.29 is 8.42 Å². The molecule has 0 unspecified atom stereocenters. The average molecular weight is 325 g/mol. The maximum absolute atomic E-state index is 12.5. The molecule has 0 spiro atoms. The van der Waals surface area contributed by atoms with Crippen LogP contribution < -0.4 is 10.0 Å². The lowest BCUT2D eigenvalue weighted by Gasteiger charge is -2.10. The number of hydrogen-bond donors (Lipinski definition) is 2. The summed E-state index contributed by atoms with van der Waals surface area (Å²) < 4.78 is 27.8. The predicted octanol–water partition coefficient (Wildman–Crippen LogP) is 1.96. The summed E-state index contributed by atoms with van der Waals surface area (Å²) in [5, 5.41) is 4.87. The fourth-order valence-electron chi connectivity index (χ4n) is 2.06. The van der Waals surface area contributed by atoms with Crippen molar-refractivity contribution in [3.8, 4) is 0 Å². The Hall–Kier alpha value is -1.28. The molecular weight excluding hydrogens is 306 g/mol. The van der Waals surface area contributed by atoms with Gasteiger partial charge in [-0.1, -0.05) is 0 Å². The molecule has 0 aromatic carbocycles. The van der Waals surface area contributed by atoms with Crippen LogP contribution in [-0.2, 0) is 23.1 Å². The zero-order valence-corrected chi connectivity index (χ0v) is 13.9. The van der Waals surface area contributed by atoms with E-state index in [0.29, 0.717) is 11.4 Å². The fraction of sp³-hybridized carbons (Fsp3) is 0.357. The first-order valence-electron chi connectivity index (χ1n) is 6.56. The predicted molar refractivity (Wildman–Crippen MR) is 84.8 cm³/mol. The number of aromatic nitrogens is 1. The van der Waals surface area contributed by atoms with E-state index >= 15 is 0 Å². The van der Waals surface area contributed by atoms with Crippen LogP contribution in [0, 0.1) is 13.8 Å². The molecular formula is C14H19N3O2S2. The molecule has 0 amide bonds. The first-order valence-corrected chi connectivity index (χ1v) is 8.92. The summed E-state index contributed by atoms with van der Waals surface area (Å²) in [7, 11) is -1.72. The van der Waals surface area contributed by atoms with Crippen molar-refractivity contribution in [3.63, 3.8) is 0 Å². The number of sulfonamides is 1. The molecule has 2 rings (SSSR count). The van der Waals surface area contributed by atoms with Gasteiger partial charge in [0.1, 0.15) is 4.90 Å². The molecule has 2 N–H and O–H groups in total. The highest BCUT2D eigenvalue weighted by Gasteiger charge is 2.22. The molecule has 2 aromatic heterocycles. The Bertz CT molecular complexity index is 724. The van der Waals surface area contributed by atoms with E-state index in [0.717, 1.165) is 21.6 Å². The average Bonchev–Trinajstić information content (AvgIpc) is 2.80. The van der Waals surface area contributed by atoms with Crippen LogP contribution in [0.2, 0.25) is 0 Å². The number of aryl methyl sites for hydroxylation is 2. The third kappa shape index (κ3) is 3.68. The normalized spacial score (nSPS) is 11.8. The molecule has 114 valence electrons. The SMILES string of the molecule is CNCc1scc(C)c1S(=O)(=O)NCc1cnccc1C. The summed E-state index contributed by atoms with van der Waals surface area (Å²) in [6, 6.07) is 1.87. The van der Waals surface area contributed by atoms with E-state index in [2.05, 4.69) is 15.0 Å². The molecule has 0 fully saturated rings. The number of hydrogen-bond acceptors (Lipinski definition) is 5. The van der Waals surface area contributed by atoms with Gasteiger partial charge in [0, 0.05) is 30.4 Å². The monoisotopic (exact) mass is 325 g/mol. The van der Waals surface area contributed by atoms with E-state index < -0.39 is 10.0 Å². The van der Waals surface area contributed by atoms with Crippen LogP contribution >= 0.6 is 11.3 Å². The second-order valence-corrected chi connectivity index (χ2v) is 7.50. The molecule has 0 atom stereocenters. The summed E-state index contributed by atoms with van der Waals surface area (Å²) >= 11 is 1.46. The third-order valence-electron chi connectivity index (χ3n) is 3.20. The molecule has 0 aliphatic heterocycles. The molecule has 0 bridgehead atoms. The minimum absolute atomic E-state index is 0.246. The lowest BCUT2D eigenvalue weighted by Crippen LogP contribution is -2.25. The standard InChI is InChI=1S/C14H19N3O2S2/c1-10-4-5-16-6-12(10)7-17-21(18,19)14-11(2)9-20-13(14)8-15-3/h4-6,9,15,17H,7-8H2,1-3H3. The smallest absolute Gasteiger partial charge is 0.242 e. The summed E-state index contributed by atoms with van der Waals surface area (Å²) in [6.07, 6.45) is 3.38. The first kappa shape index (κ1) is 16.1. The second kappa shape index (κ2) is 6.65. The molecule has 0 saturated heterocycles. The molecule has 0 saturated carbocycles. The van der Waals surface area contributed by atoms with Gasteiger partial charge < -0.3 is 5.32 Å². The van der Waals surface area contributed by atoms with E-state index in [1.54, 1.807) is 19.4 Å². The van der Waals surface area contributed by atoms with Crippen LogP contribution in [0.15, 0.2) is 28.7 Å². The summed E-state index contributed by atoms with van der Waals surface area (Å²) in [5.41, 5.74) is 2.68. The van der Waals surface area contributed by atoms with E-state index in [4.69, 9.17) is 0 Å². The molecule has 0 radical (unpaired) electrons. The van der Waals surface area contributed by atoms with Gasteiger partial charge in [0.05, 0.1) is 0 Å². The lowest BCUT2D eigenvalue weighted by molar-refractivity contribution is 0.579. The molecule has 0 aliphatic rings. The van der Waals surface area contributed by atoms with Gasteiger partial charge in [-0.15, -0.1) is 11.3 Å². The Morgan fingerprint density at radius 2 is 2.00 bits per heavy atom. The van der Waals surface area contributed by atoms with Crippen LogP contribution in [0.4, 0.5) is 0 Å². The van der Waals surface area contributed by atoms with Crippen LogP contribution in [0.3, 0.4) is 0 Å². The van der Waals surface area contributed by atoms with E-state index in [1.165, 1.54) is 11.3 Å². The van der Waals surface area contributed by atoms with Gasteiger partial charge in [-0.3, -0.25) is 4.98 Å². The Kier molecular flexibility index (Phi) is 5.10. The van der Waals surface area contributed by atoms with Crippen molar-refractivity contribution in [2.75, 3.05) is 7.05 Å². The Morgan fingerprint density at radius 3 is 2.67 bits per heavy atom. The summed E-state index contributed by atoms with van der Waals surface area (Å²) in [6.45, 7) is 4.55. The molecule has 2 aromatic rings. The zero-order chi connectivity index (χ0) is 15.5. The van der Waals surface area contributed by atoms with Crippen molar-refractivity contribution in [3.05, 3.63) is 45.4 Å². The highest BCUT2D eigenvalue weighted by Crippen LogP contribution is 2.26. The molecule has 5 nitrogen and oxygen atoms in total. The molecule has 2 heterocycles. The van der Waals surface area contributed by atoms with Crippen molar-refractivity contribution in [1.82, 2.24) is 15.0 Å². The Morgan fingerprint density at radius 1 is 1.24 bits per heavy atom. The maximum atomic E-state index is 12.5. The van der Waals surface area contributed by atoms with Gasteiger partial charge in [-0.25, -0.2) is 13.1 Å². The Balaban J connectivity index is 2.23. The van der Waals surface area contributed by atoms with Crippen molar-refractivity contribution in [2.45, 2.75) is 31.8 Å². The molecule has 7 heteroatoms. The van der Waals surface area contributed by atoms with Crippen LogP contribution in [-0.4, -0.2) is 20.4 Å². The topological polar surface area (TPSA) is 71.1 Å².